The van der Waals surface area contributed by atoms with Crippen LogP contribution in [0.15, 0.2) is 42.5 Å². The van der Waals surface area contributed by atoms with Crippen molar-refractivity contribution >= 4 is 17.4 Å². The van der Waals surface area contributed by atoms with Crippen LogP contribution in [0, 0.1) is 0 Å². The van der Waals surface area contributed by atoms with Crippen molar-refractivity contribution in [1.29, 1.82) is 0 Å². The number of carbonyl (C=O) groups is 1. The van der Waals surface area contributed by atoms with Gasteiger partial charge in [-0.3, -0.25) is 4.79 Å². The number of benzene rings is 1. The lowest BCUT2D eigenvalue weighted by atomic mass is 10.2. The van der Waals surface area contributed by atoms with Crippen LogP contribution in [0.2, 0.25) is 0 Å². The van der Waals surface area contributed by atoms with E-state index in [-0.39, 0.29) is 0 Å². The van der Waals surface area contributed by atoms with Crippen LogP contribution >= 0.6 is 0 Å². The van der Waals surface area contributed by atoms with Crippen molar-refractivity contribution < 1.29 is 9.53 Å². The molecule has 23 heavy (non-hydrogen) atoms. The molecule has 2 N–H and O–H groups in total. The fourth-order valence-corrected chi connectivity index (χ4v) is 2.72. The highest BCUT2D eigenvalue weighted by atomic mass is 16.5. The smallest absolute Gasteiger partial charge is 0.267 e. The summed E-state index contributed by atoms with van der Waals surface area (Å²) in [6, 6.07) is 13.5. The molecule has 0 spiro atoms. The molecule has 0 saturated carbocycles. The van der Waals surface area contributed by atoms with Crippen molar-refractivity contribution in [2.75, 3.05) is 43.1 Å². The molecule has 1 amide bonds. The Bertz CT molecular complexity index is 679. The highest BCUT2D eigenvalue weighted by molar-refractivity contribution is 5.91. The monoisotopic (exact) mass is 312 g/mol. The van der Waals surface area contributed by atoms with E-state index < -0.39 is 5.91 Å². The second-order valence-corrected chi connectivity index (χ2v) is 5.42. The molecule has 0 radical (unpaired) electrons. The summed E-state index contributed by atoms with van der Waals surface area (Å²) in [7, 11) is 1.67. The van der Waals surface area contributed by atoms with Crippen LogP contribution in [0.4, 0.5) is 11.5 Å². The summed E-state index contributed by atoms with van der Waals surface area (Å²) in [4.78, 5) is 20.1. The van der Waals surface area contributed by atoms with E-state index in [1.165, 1.54) is 5.69 Å². The van der Waals surface area contributed by atoms with E-state index in [2.05, 4.69) is 26.9 Å². The summed E-state index contributed by atoms with van der Waals surface area (Å²) in [5.74, 6) is 1.17. The molecule has 2 heterocycles. The topological polar surface area (TPSA) is 71.7 Å². The Kier molecular flexibility index (Phi) is 4.32. The van der Waals surface area contributed by atoms with Crippen LogP contribution < -0.4 is 20.3 Å². The predicted molar refractivity (Wildman–Crippen MR) is 90.2 cm³/mol. The van der Waals surface area contributed by atoms with Gasteiger partial charge in [-0.25, -0.2) is 4.98 Å². The van der Waals surface area contributed by atoms with Crippen molar-refractivity contribution in [3.63, 3.8) is 0 Å². The Morgan fingerprint density at radius 2 is 1.70 bits per heavy atom. The SMILES string of the molecule is COc1ccc(N2CCN(c3cccc(C(N)=O)n3)CC2)cc1. The molecule has 2 aromatic rings. The molecule has 1 aromatic carbocycles. The van der Waals surface area contributed by atoms with Gasteiger partial charge < -0.3 is 20.3 Å². The number of carbonyl (C=O) groups excluding carboxylic acids is 1. The van der Waals surface area contributed by atoms with E-state index in [1.54, 1.807) is 13.2 Å². The molecule has 0 unspecified atom stereocenters. The summed E-state index contributed by atoms with van der Waals surface area (Å²) < 4.78 is 5.19. The lowest BCUT2D eigenvalue weighted by Gasteiger charge is -2.36. The summed E-state index contributed by atoms with van der Waals surface area (Å²) in [5.41, 5.74) is 6.79. The maximum atomic E-state index is 11.2. The van der Waals surface area contributed by atoms with Crippen LogP contribution in [-0.4, -0.2) is 44.2 Å². The third-order valence-corrected chi connectivity index (χ3v) is 4.03. The summed E-state index contributed by atoms with van der Waals surface area (Å²) >= 11 is 0. The van der Waals surface area contributed by atoms with E-state index in [1.807, 2.05) is 24.3 Å². The molecular weight excluding hydrogens is 292 g/mol. The number of nitrogens with two attached hydrogens (primary N) is 1. The number of rotatable bonds is 4. The molecule has 1 aromatic heterocycles. The van der Waals surface area contributed by atoms with Crippen LogP contribution in [0.1, 0.15) is 10.5 Å². The van der Waals surface area contributed by atoms with Gasteiger partial charge in [-0.2, -0.15) is 0 Å². The molecule has 0 aliphatic carbocycles. The van der Waals surface area contributed by atoms with E-state index in [9.17, 15) is 4.79 Å². The largest absolute Gasteiger partial charge is 0.497 e. The number of pyridine rings is 1. The van der Waals surface area contributed by atoms with E-state index >= 15 is 0 Å². The van der Waals surface area contributed by atoms with Crippen molar-refractivity contribution in [1.82, 2.24) is 4.98 Å². The lowest BCUT2D eigenvalue weighted by Crippen LogP contribution is -2.46. The Morgan fingerprint density at radius 1 is 1.04 bits per heavy atom. The van der Waals surface area contributed by atoms with Crippen LogP contribution in [0.5, 0.6) is 5.75 Å². The van der Waals surface area contributed by atoms with Gasteiger partial charge in [0.15, 0.2) is 0 Å². The van der Waals surface area contributed by atoms with Crippen molar-refractivity contribution in [2.24, 2.45) is 5.73 Å². The molecule has 6 heteroatoms. The fourth-order valence-electron chi connectivity index (χ4n) is 2.72. The lowest BCUT2D eigenvalue weighted by molar-refractivity contribution is 0.0995. The van der Waals surface area contributed by atoms with E-state index in [4.69, 9.17) is 10.5 Å². The van der Waals surface area contributed by atoms with Gasteiger partial charge in [-0.15, -0.1) is 0 Å². The van der Waals surface area contributed by atoms with Gasteiger partial charge in [0.2, 0.25) is 0 Å². The zero-order valence-electron chi connectivity index (χ0n) is 13.1. The first kappa shape index (κ1) is 15.1. The third kappa shape index (κ3) is 3.36. The first-order valence-electron chi connectivity index (χ1n) is 7.58. The quantitative estimate of drug-likeness (QED) is 0.926. The molecule has 1 saturated heterocycles. The second kappa shape index (κ2) is 6.56. The van der Waals surface area contributed by atoms with Crippen molar-refractivity contribution in [3.05, 3.63) is 48.2 Å². The Morgan fingerprint density at radius 3 is 2.30 bits per heavy atom. The van der Waals surface area contributed by atoms with Crippen molar-refractivity contribution in [3.8, 4) is 5.75 Å². The van der Waals surface area contributed by atoms with Gasteiger partial charge in [0.05, 0.1) is 7.11 Å². The van der Waals surface area contributed by atoms with Gasteiger partial charge in [0, 0.05) is 31.9 Å². The van der Waals surface area contributed by atoms with E-state index in [0.717, 1.165) is 37.7 Å². The molecule has 6 nitrogen and oxygen atoms in total. The third-order valence-electron chi connectivity index (χ3n) is 4.03. The van der Waals surface area contributed by atoms with E-state index in [0.29, 0.717) is 5.69 Å². The molecule has 3 rings (SSSR count). The van der Waals surface area contributed by atoms with Gasteiger partial charge in [-0.05, 0) is 36.4 Å². The number of methoxy groups -OCH3 is 1. The van der Waals surface area contributed by atoms with Crippen LogP contribution in [-0.2, 0) is 0 Å². The summed E-state index contributed by atoms with van der Waals surface area (Å²) in [6.45, 7) is 3.49. The fraction of sp³-hybridized carbons (Fsp3) is 0.294. The van der Waals surface area contributed by atoms with Crippen molar-refractivity contribution in [2.45, 2.75) is 0 Å². The summed E-state index contributed by atoms with van der Waals surface area (Å²) in [6.07, 6.45) is 0. The Hall–Kier alpha value is -2.76. The second-order valence-electron chi connectivity index (χ2n) is 5.42. The number of hydrogen-bond donors (Lipinski definition) is 1. The minimum Gasteiger partial charge on any atom is -0.497 e. The minimum atomic E-state index is -0.497. The number of aromatic nitrogens is 1. The minimum absolute atomic E-state index is 0.306. The average molecular weight is 312 g/mol. The molecule has 0 bridgehead atoms. The number of piperazine rings is 1. The molecule has 1 fully saturated rings. The van der Waals surface area contributed by atoms with Gasteiger partial charge in [0.25, 0.3) is 5.91 Å². The number of nitrogens with zero attached hydrogens (tertiary/aromatic N) is 3. The normalized spacial score (nSPS) is 14.7. The summed E-state index contributed by atoms with van der Waals surface area (Å²) in [5, 5.41) is 0. The molecule has 1 aliphatic rings. The van der Waals surface area contributed by atoms with Gasteiger partial charge in [-0.1, -0.05) is 6.07 Å². The number of ether oxygens (including phenoxy) is 1. The van der Waals surface area contributed by atoms with Crippen LogP contribution in [0.3, 0.4) is 0 Å². The standard InChI is InChI=1S/C17H20N4O2/c1-23-14-7-5-13(6-8-14)20-9-11-21(12-10-20)16-4-2-3-15(19-16)17(18)22/h2-8H,9-12H2,1H3,(H2,18,22). The predicted octanol–water partition coefficient (Wildman–Crippen LogP) is 1.52. The number of anilines is 2. The average Bonchev–Trinajstić information content (AvgIpc) is 2.62. The maximum Gasteiger partial charge on any atom is 0.267 e. The zero-order valence-corrected chi connectivity index (χ0v) is 13.1. The highest BCUT2D eigenvalue weighted by Gasteiger charge is 2.19. The van der Waals surface area contributed by atoms with Gasteiger partial charge in [0.1, 0.15) is 17.3 Å². The zero-order chi connectivity index (χ0) is 16.2. The molecule has 0 atom stereocenters. The van der Waals surface area contributed by atoms with Crippen LogP contribution in [0.25, 0.3) is 0 Å². The molecular formula is C17H20N4O2. The van der Waals surface area contributed by atoms with Gasteiger partial charge >= 0.3 is 0 Å². The first-order chi connectivity index (χ1) is 11.2. The number of primary amides is 1. The highest BCUT2D eigenvalue weighted by Crippen LogP contribution is 2.22. The number of hydrogen-bond acceptors (Lipinski definition) is 5. The molecule has 120 valence electrons. The molecule has 1 aliphatic heterocycles. The number of amides is 1. The first-order valence-corrected chi connectivity index (χ1v) is 7.58. The Labute approximate surface area is 135 Å². The Balaban J connectivity index is 1.65. The maximum absolute atomic E-state index is 11.2.